The second kappa shape index (κ2) is 6.40. The van der Waals surface area contributed by atoms with Crippen molar-refractivity contribution >= 4 is 0 Å². The number of hydrogen-bond acceptors (Lipinski definition) is 3. The smallest absolute Gasteiger partial charge is 0.0166 e. The first-order valence-electron chi connectivity index (χ1n) is 4.67. The maximum absolute atomic E-state index is 6.13. The average molecular weight is 172 g/mol. The Bertz CT molecular complexity index is 97.9. The lowest BCUT2D eigenvalue weighted by molar-refractivity contribution is 0.339. The van der Waals surface area contributed by atoms with Crippen LogP contribution in [0.1, 0.15) is 32.1 Å². The van der Waals surface area contributed by atoms with Crippen molar-refractivity contribution in [2.45, 2.75) is 37.6 Å². The van der Waals surface area contributed by atoms with Crippen molar-refractivity contribution in [1.29, 1.82) is 0 Å². The Labute approximate surface area is 75.7 Å². The Kier molecular flexibility index (Phi) is 6.34. The molecule has 0 aromatic rings. The Balaban J connectivity index is 3.80. The highest BCUT2D eigenvalue weighted by Crippen LogP contribution is 2.19. The predicted molar refractivity (Wildman–Crippen MR) is 53.5 cm³/mol. The van der Waals surface area contributed by atoms with E-state index in [1.165, 1.54) is 0 Å². The standard InChI is InChI=1S/C9H22N3/c1-2-4-9(12,6-8-11)5-3-7-10/h1-8,10-12H2. The largest absolute Gasteiger partial charge is 0.330 e. The van der Waals surface area contributed by atoms with Gasteiger partial charge in [-0.2, -0.15) is 0 Å². The van der Waals surface area contributed by atoms with Crippen molar-refractivity contribution in [3.8, 4) is 0 Å². The second-order valence-electron chi connectivity index (χ2n) is 3.40. The van der Waals surface area contributed by atoms with Gasteiger partial charge in [0, 0.05) is 5.54 Å². The van der Waals surface area contributed by atoms with E-state index in [0.29, 0.717) is 13.1 Å². The van der Waals surface area contributed by atoms with Crippen molar-refractivity contribution in [3.05, 3.63) is 6.92 Å². The number of hydrogen-bond donors (Lipinski definition) is 3. The highest BCUT2D eigenvalue weighted by molar-refractivity contribution is 4.84. The first-order valence-corrected chi connectivity index (χ1v) is 4.67. The molecule has 3 heteroatoms. The van der Waals surface area contributed by atoms with Crippen molar-refractivity contribution < 1.29 is 0 Å². The lowest BCUT2D eigenvalue weighted by atomic mass is 9.86. The lowest BCUT2D eigenvalue weighted by Gasteiger charge is -2.28. The highest BCUT2D eigenvalue weighted by atomic mass is 14.7. The van der Waals surface area contributed by atoms with Crippen molar-refractivity contribution in [2.75, 3.05) is 13.1 Å². The fourth-order valence-corrected chi connectivity index (χ4v) is 1.47. The zero-order valence-electron chi connectivity index (χ0n) is 7.89. The number of rotatable bonds is 7. The highest BCUT2D eigenvalue weighted by Gasteiger charge is 2.21. The van der Waals surface area contributed by atoms with E-state index >= 15 is 0 Å². The third-order valence-corrected chi connectivity index (χ3v) is 2.20. The minimum atomic E-state index is -0.115. The maximum Gasteiger partial charge on any atom is 0.0166 e. The molecule has 1 atom stereocenters. The molecule has 0 heterocycles. The van der Waals surface area contributed by atoms with Crippen LogP contribution >= 0.6 is 0 Å². The van der Waals surface area contributed by atoms with E-state index in [0.717, 1.165) is 32.1 Å². The number of nitrogens with two attached hydrogens (primary N) is 3. The van der Waals surface area contributed by atoms with Crippen LogP contribution in [0.4, 0.5) is 0 Å². The Morgan fingerprint density at radius 1 is 1.00 bits per heavy atom. The van der Waals surface area contributed by atoms with Gasteiger partial charge in [-0.25, -0.2) is 0 Å². The molecule has 0 aliphatic heterocycles. The van der Waals surface area contributed by atoms with Crippen LogP contribution in [0, 0.1) is 6.92 Å². The predicted octanol–water partition coefficient (Wildman–Crippen LogP) is 0.386. The van der Waals surface area contributed by atoms with Crippen molar-refractivity contribution in [2.24, 2.45) is 17.2 Å². The summed E-state index contributed by atoms with van der Waals surface area (Å²) in [5, 5.41) is 0. The molecule has 3 nitrogen and oxygen atoms in total. The third-order valence-electron chi connectivity index (χ3n) is 2.20. The van der Waals surface area contributed by atoms with Gasteiger partial charge in [0.05, 0.1) is 0 Å². The van der Waals surface area contributed by atoms with E-state index in [9.17, 15) is 0 Å². The van der Waals surface area contributed by atoms with Gasteiger partial charge in [0.25, 0.3) is 0 Å². The van der Waals surface area contributed by atoms with Gasteiger partial charge in [-0.3, -0.25) is 0 Å². The quantitative estimate of drug-likeness (QED) is 0.519. The van der Waals surface area contributed by atoms with E-state index in [1.54, 1.807) is 0 Å². The third kappa shape index (κ3) is 4.70. The summed E-state index contributed by atoms with van der Waals surface area (Å²) >= 11 is 0. The molecule has 0 fully saturated rings. The maximum atomic E-state index is 6.13. The van der Waals surface area contributed by atoms with Crippen LogP contribution in [0.2, 0.25) is 0 Å². The lowest BCUT2D eigenvalue weighted by Crippen LogP contribution is -2.42. The molecule has 1 radical (unpaired) electrons. The van der Waals surface area contributed by atoms with Crippen LogP contribution in [0.3, 0.4) is 0 Å². The fraction of sp³-hybridized carbons (Fsp3) is 0.889. The summed E-state index contributed by atoms with van der Waals surface area (Å²) < 4.78 is 0. The van der Waals surface area contributed by atoms with Gasteiger partial charge in [0.1, 0.15) is 0 Å². The second-order valence-corrected chi connectivity index (χ2v) is 3.40. The van der Waals surface area contributed by atoms with Crippen molar-refractivity contribution in [3.63, 3.8) is 0 Å². The summed E-state index contributed by atoms with van der Waals surface area (Å²) in [6, 6.07) is 0. The molecule has 0 spiro atoms. The van der Waals surface area contributed by atoms with Gasteiger partial charge < -0.3 is 17.2 Å². The Morgan fingerprint density at radius 3 is 2.08 bits per heavy atom. The Morgan fingerprint density at radius 2 is 1.67 bits per heavy atom. The molecule has 0 amide bonds. The van der Waals surface area contributed by atoms with Crippen molar-refractivity contribution in [1.82, 2.24) is 0 Å². The van der Waals surface area contributed by atoms with Crippen LogP contribution in [0.15, 0.2) is 0 Å². The molecule has 0 saturated heterocycles. The summed E-state index contributed by atoms with van der Waals surface area (Å²) in [5.41, 5.74) is 16.9. The summed E-state index contributed by atoms with van der Waals surface area (Å²) in [7, 11) is 0. The van der Waals surface area contributed by atoms with E-state index in [2.05, 4.69) is 6.92 Å². The van der Waals surface area contributed by atoms with Crippen LogP contribution in [0.5, 0.6) is 0 Å². The molecule has 0 rings (SSSR count). The van der Waals surface area contributed by atoms with E-state index in [-0.39, 0.29) is 5.54 Å². The molecule has 6 N–H and O–H groups in total. The molecule has 0 aliphatic carbocycles. The van der Waals surface area contributed by atoms with E-state index in [1.807, 2.05) is 0 Å². The van der Waals surface area contributed by atoms with E-state index < -0.39 is 0 Å². The monoisotopic (exact) mass is 172 g/mol. The molecular formula is C9H22N3. The van der Waals surface area contributed by atoms with Gasteiger partial charge in [-0.05, 0) is 38.8 Å². The van der Waals surface area contributed by atoms with Gasteiger partial charge in [0.2, 0.25) is 0 Å². The average Bonchev–Trinajstić information content (AvgIpc) is 2.02. The molecule has 0 aliphatic rings. The summed E-state index contributed by atoms with van der Waals surface area (Å²) in [4.78, 5) is 0. The molecule has 12 heavy (non-hydrogen) atoms. The summed E-state index contributed by atoms with van der Waals surface area (Å²) in [5.74, 6) is 0. The molecule has 73 valence electrons. The minimum absolute atomic E-state index is 0.115. The molecule has 0 saturated carbocycles. The topological polar surface area (TPSA) is 78.1 Å². The normalized spacial score (nSPS) is 16.0. The van der Waals surface area contributed by atoms with Gasteiger partial charge >= 0.3 is 0 Å². The zero-order valence-corrected chi connectivity index (χ0v) is 7.89. The summed E-state index contributed by atoms with van der Waals surface area (Å²) in [6.07, 6.45) is 4.65. The molecule has 0 bridgehead atoms. The summed E-state index contributed by atoms with van der Waals surface area (Å²) in [6.45, 7) is 5.17. The van der Waals surface area contributed by atoms with Crippen LogP contribution in [-0.2, 0) is 0 Å². The van der Waals surface area contributed by atoms with Gasteiger partial charge in [0.15, 0.2) is 0 Å². The Hall–Kier alpha value is -0.120. The first-order chi connectivity index (χ1) is 5.68. The fourth-order valence-electron chi connectivity index (χ4n) is 1.47. The molecule has 1 unspecified atom stereocenters. The first kappa shape index (κ1) is 11.9. The molecular weight excluding hydrogens is 150 g/mol. The van der Waals surface area contributed by atoms with E-state index in [4.69, 9.17) is 17.2 Å². The minimum Gasteiger partial charge on any atom is -0.330 e. The molecule has 0 aromatic heterocycles. The van der Waals surface area contributed by atoms with Gasteiger partial charge in [-0.15, -0.1) is 0 Å². The van der Waals surface area contributed by atoms with Crippen LogP contribution < -0.4 is 17.2 Å². The zero-order chi connectivity index (χ0) is 9.45. The molecule has 0 aromatic carbocycles. The van der Waals surface area contributed by atoms with Crippen LogP contribution in [0.25, 0.3) is 0 Å². The van der Waals surface area contributed by atoms with Crippen LogP contribution in [-0.4, -0.2) is 18.6 Å². The SMILES string of the molecule is [CH2]CCC(N)(CCN)CCCN. The van der Waals surface area contributed by atoms with Gasteiger partial charge in [-0.1, -0.05) is 13.3 Å².